The fourth-order valence-corrected chi connectivity index (χ4v) is 3.60. The number of carbonyl (C=O) groups excluding carboxylic acids is 1. The second-order valence-electron chi connectivity index (χ2n) is 5.81. The first-order valence-electron chi connectivity index (χ1n) is 7.69. The van der Waals surface area contributed by atoms with E-state index in [9.17, 15) is 4.79 Å². The number of amides is 1. The maximum absolute atomic E-state index is 12.7. The molecule has 0 radical (unpaired) electrons. The first-order chi connectivity index (χ1) is 9.36. The molecule has 0 aliphatic carbocycles. The van der Waals surface area contributed by atoms with Crippen molar-refractivity contribution >= 4 is 30.7 Å². The van der Waals surface area contributed by atoms with E-state index in [1.807, 2.05) is 0 Å². The van der Waals surface area contributed by atoms with E-state index < -0.39 is 0 Å². The molecule has 0 aromatic rings. The van der Waals surface area contributed by atoms with Gasteiger partial charge in [0.25, 0.3) is 0 Å². The Bertz CT molecular complexity index is 321. The first kappa shape index (κ1) is 19.0. The number of hydrogen-bond donors (Lipinski definition) is 1. The molecule has 1 unspecified atom stereocenters. The number of likely N-dealkylation sites (tertiary alicyclic amines) is 1. The molecule has 0 spiro atoms. The predicted octanol–water partition coefficient (Wildman–Crippen LogP) is 0.905. The lowest BCUT2D eigenvalue weighted by Crippen LogP contribution is -2.54. The highest BCUT2D eigenvalue weighted by molar-refractivity contribution is 5.85. The highest BCUT2D eigenvalue weighted by Crippen LogP contribution is 2.26. The lowest BCUT2D eigenvalue weighted by atomic mass is 10.1. The molecule has 3 aliphatic rings. The van der Waals surface area contributed by atoms with Gasteiger partial charge in [0.05, 0.1) is 6.04 Å². The van der Waals surface area contributed by atoms with Crippen LogP contribution in [0.3, 0.4) is 0 Å². The zero-order chi connectivity index (χ0) is 13.1. The van der Waals surface area contributed by atoms with E-state index in [0.29, 0.717) is 11.9 Å². The molecule has 0 aromatic heterocycles. The van der Waals surface area contributed by atoms with Crippen LogP contribution >= 0.6 is 24.8 Å². The van der Waals surface area contributed by atoms with Crippen molar-refractivity contribution in [2.45, 2.75) is 37.8 Å². The van der Waals surface area contributed by atoms with Gasteiger partial charge in [-0.05, 0) is 32.2 Å². The summed E-state index contributed by atoms with van der Waals surface area (Å²) in [7, 11) is 0. The van der Waals surface area contributed by atoms with Crippen molar-refractivity contribution in [3.8, 4) is 0 Å². The van der Waals surface area contributed by atoms with Gasteiger partial charge < -0.3 is 15.0 Å². The quantitative estimate of drug-likeness (QED) is 0.812. The maximum atomic E-state index is 12.7. The first-order valence-corrected chi connectivity index (χ1v) is 7.69. The summed E-state index contributed by atoms with van der Waals surface area (Å²) in [5, 5.41) is 3.31. The molecule has 1 amide bonds. The third-order valence-corrected chi connectivity index (χ3v) is 4.67. The Hall–Kier alpha value is -0.0700. The minimum atomic E-state index is 0. The molecule has 0 bridgehead atoms. The fourth-order valence-electron chi connectivity index (χ4n) is 3.60. The van der Waals surface area contributed by atoms with Crippen LogP contribution in [0.5, 0.6) is 0 Å². The number of hydrogen-bond acceptors (Lipinski definition) is 4. The van der Waals surface area contributed by atoms with E-state index in [2.05, 4.69) is 15.1 Å². The summed E-state index contributed by atoms with van der Waals surface area (Å²) in [6.07, 6.45) is 4.39. The third-order valence-electron chi connectivity index (χ3n) is 4.67. The van der Waals surface area contributed by atoms with Crippen LogP contribution in [0.15, 0.2) is 0 Å². The number of nitrogens with zero attached hydrogens (tertiary/aromatic N) is 2. The molecule has 3 saturated heterocycles. The summed E-state index contributed by atoms with van der Waals surface area (Å²) in [6.45, 7) is 6.43. The van der Waals surface area contributed by atoms with E-state index >= 15 is 0 Å². The molecular weight excluding hydrogens is 313 g/mol. The van der Waals surface area contributed by atoms with Crippen molar-refractivity contribution in [1.82, 2.24) is 15.1 Å². The van der Waals surface area contributed by atoms with Crippen LogP contribution in [0.2, 0.25) is 0 Å². The van der Waals surface area contributed by atoms with Crippen molar-refractivity contribution in [2.75, 3.05) is 45.9 Å². The Morgan fingerprint density at radius 3 is 2.33 bits per heavy atom. The highest BCUT2D eigenvalue weighted by Gasteiger charge is 2.38. The second kappa shape index (κ2) is 9.16. The Kier molecular flexibility index (Phi) is 8.27. The number of rotatable bonds is 2. The van der Waals surface area contributed by atoms with Gasteiger partial charge in [-0.1, -0.05) is 0 Å². The van der Waals surface area contributed by atoms with E-state index in [4.69, 9.17) is 4.74 Å². The van der Waals surface area contributed by atoms with Crippen LogP contribution in [-0.4, -0.2) is 73.7 Å². The van der Waals surface area contributed by atoms with Crippen LogP contribution in [0.4, 0.5) is 0 Å². The molecule has 3 aliphatic heterocycles. The summed E-state index contributed by atoms with van der Waals surface area (Å²) < 4.78 is 5.44. The molecule has 21 heavy (non-hydrogen) atoms. The Morgan fingerprint density at radius 2 is 1.67 bits per heavy atom. The Labute approximate surface area is 139 Å². The third kappa shape index (κ3) is 4.45. The number of carbonyl (C=O) groups is 1. The molecule has 0 aromatic carbocycles. The van der Waals surface area contributed by atoms with Gasteiger partial charge in [-0.3, -0.25) is 9.69 Å². The maximum Gasteiger partial charge on any atom is 0.240 e. The molecule has 3 heterocycles. The zero-order valence-electron chi connectivity index (χ0n) is 12.5. The number of piperazine rings is 1. The zero-order valence-corrected chi connectivity index (χ0v) is 14.1. The van der Waals surface area contributed by atoms with E-state index in [0.717, 1.165) is 65.2 Å². The van der Waals surface area contributed by atoms with Crippen molar-refractivity contribution in [1.29, 1.82) is 0 Å². The average molecular weight is 340 g/mol. The van der Waals surface area contributed by atoms with Crippen LogP contribution in [0.25, 0.3) is 0 Å². The summed E-state index contributed by atoms with van der Waals surface area (Å²) in [4.78, 5) is 17.2. The SMILES string of the molecule is Cl.Cl.O=C(C1CCCN1C1CCOCC1)N1CCNCC1. The smallest absolute Gasteiger partial charge is 0.240 e. The van der Waals surface area contributed by atoms with Crippen LogP contribution in [-0.2, 0) is 9.53 Å². The predicted molar refractivity (Wildman–Crippen MR) is 87.5 cm³/mol. The van der Waals surface area contributed by atoms with E-state index in [1.54, 1.807) is 0 Å². The van der Waals surface area contributed by atoms with Crippen molar-refractivity contribution < 1.29 is 9.53 Å². The van der Waals surface area contributed by atoms with Crippen LogP contribution in [0.1, 0.15) is 25.7 Å². The fraction of sp³-hybridized carbons (Fsp3) is 0.929. The Balaban J connectivity index is 0.00000110. The molecule has 5 nitrogen and oxygen atoms in total. The molecule has 1 N–H and O–H groups in total. The molecule has 0 saturated carbocycles. The van der Waals surface area contributed by atoms with E-state index in [-0.39, 0.29) is 30.9 Å². The van der Waals surface area contributed by atoms with Gasteiger partial charge in [-0.15, -0.1) is 24.8 Å². The highest BCUT2D eigenvalue weighted by atomic mass is 35.5. The summed E-state index contributed by atoms with van der Waals surface area (Å²) in [6, 6.07) is 0.703. The number of nitrogens with one attached hydrogen (secondary N) is 1. The van der Waals surface area contributed by atoms with Crippen molar-refractivity contribution in [3.63, 3.8) is 0 Å². The molecule has 7 heteroatoms. The number of halogens is 2. The lowest BCUT2D eigenvalue weighted by Gasteiger charge is -2.37. The second-order valence-corrected chi connectivity index (χ2v) is 5.81. The molecule has 3 fully saturated rings. The topological polar surface area (TPSA) is 44.8 Å². The average Bonchev–Trinajstić information content (AvgIpc) is 2.98. The number of ether oxygens (including phenoxy) is 1. The molecule has 124 valence electrons. The molecule has 1 atom stereocenters. The van der Waals surface area contributed by atoms with Crippen LogP contribution < -0.4 is 5.32 Å². The van der Waals surface area contributed by atoms with Crippen LogP contribution in [0, 0.1) is 0 Å². The molecular formula is C14H27Cl2N3O2. The normalized spacial score (nSPS) is 27.8. The van der Waals surface area contributed by atoms with Gasteiger partial charge >= 0.3 is 0 Å². The van der Waals surface area contributed by atoms with Crippen molar-refractivity contribution in [3.05, 3.63) is 0 Å². The summed E-state index contributed by atoms with van der Waals surface area (Å²) in [5.74, 6) is 0.366. The standard InChI is InChI=1S/C14H25N3O2.2ClH/c18-14(16-8-5-15-6-9-16)13-2-1-7-17(13)12-3-10-19-11-4-12;;/h12-13,15H,1-11H2;2*1H. The molecule has 3 rings (SSSR count). The van der Waals surface area contributed by atoms with Gasteiger partial charge in [-0.25, -0.2) is 0 Å². The summed E-state index contributed by atoms with van der Waals surface area (Å²) >= 11 is 0. The van der Waals surface area contributed by atoms with Gasteiger partial charge in [0.1, 0.15) is 0 Å². The Morgan fingerprint density at radius 1 is 1.00 bits per heavy atom. The minimum absolute atomic E-state index is 0. The van der Waals surface area contributed by atoms with Gasteiger partial charge in [0.15, 0.2) is 0 Å². The van der Waals surface area contributed by atoms with Gasteiger partial charge in [0, 0.05) is 45.4 Å². The van der Waals surface area contributed by atoms with Gasteiger partial charge in [-0.2, -0.15) is 0 Å². The van der Waals surface area contributed by atoms with Gasteiger partial charge in [0.2, 0.25) is 5.91 Å². The monoisotopic (exact) mass is 339 g/mol. The van der Waals surface area contributed by atoms with E-state index in [1.165, 1.54) is 6.42 Å². The largest absolute Gasteiger partial charge is 0.381 e. The summed E-state index contributed by atoms with van der Waals surface area (Å²) in [5.41, 5.74) is 0. The lowest BCUT2D eigenvalue weighted by molar-refractivity contribution is -0.138. The van der Waals surface area contributed by atoms with Crippen molar-refractivity contribution in [2.24, 2.45) is 0 Å². The minimum Gasteiger partial charge on any atom is -0.381 e.